The molecule has 6 nitrogen and oxygen atoms in total. The quantitative estimate of drug-likeness (QED) is 0.157. The summed E-state index contributed by atoms with van der Waals surface area (Å²) in [5.74, 6) is -5.65. The van der Waals surface area contributed by atoms with Crippen molar-refractivity contribution >= 4 is 17.6 Å². The van der Waals surface area contributed by atoms with E-state index in [0.717, 1.165) is 25.7 Å². The van der Waals surface area contributed by atoms with E-state index in [2.05, 4.69) is 24.8 Å². The Morgan fingerprint density at radius 2 is 1.97 bits per heavy atom. The summed E-state index contributed by atoms with van der Waals surface area (Å²) in [7, 11) is 0. The number of halogens is 1. The maximum absolute atomic E-state index is 11.7. The highest BCUT2D eigenvalue weighted by molar-refractivity contribution is 6.33. The Bertz CT molecular complexity index is 782. The lowest BCUT2D eigenvalue weighted by atomic mass is 9.92. The first-order valence-electron chi connectivity index (χ1n) is 9.64. The van der Waals surface area contributed by atoms with Crippen LogP contribution in [0.2, 0.25) is 0 Å². The van der Waals surface area contributed by atoms with Crippen molar-refractivity contribution in [1.82, 2.24) is 0 Å². The van der Waals surface area contributed by atoms with Gasteiger partial charge in [0.25, 0.3) is 5.79 Å². The van der Waals surface area contributed by atoms with Crippen LogP contribution in [0.3, 0.4) is 0 Å². The Morgan fingerprint density at radius 3 is 2.59 bits per heavy atom. The third-order valence-electron chi connectivity index (χ3n) is 5.05. The number of carboxylic acid groups (broad SMARTS) is 1. The first-order chi connectivity index (χ1) is 13.7. The molecule has 1 aliphatic carbocycles. The number of carboxylic acids is 1. The average Bonchev–Trinajstić information content (AvgIpc) is 3.13. The van der Waals surface area contributed by atoms with E-state index in [0.29, 0.717) is 18.3 Å². The summed E-state index contributed by atoms with van der Waals surface area (Å²) in [4.78, 5) is 11.7. The molecule has 1 aromatic rings. The van der Waals surface area contributed by atoms with Gasteiger partial charge in [-0.15, -0.1) is 0 Å². The first-order valence-corrected chi connectivity index (χ1v) is 10.0. The van der Waals surface area contributed by atoms with Gasteiger partial charge in [-0.25, -0.2) is 4.79 Å². The molecule has 29 heavy (non-hydrogen) atoms. The van der Waals surface area contributed by atoms with Gasteiger partial charge in [0.05, 0.1) is 0 Å². The van der Waals surface area contributed by atoms with E-state index >= 15 is 0 Å². The lowest BCUT2D eigenvalue weighted by Gasteiger charge is -2.33. The van der Waals surface area contributed by atoms with Gasteiger partial charge in [-0.05, 0) is 55.7 Å². The van der Waals surface area contributed by atoms with Crippen LogP contribution in [0.15, 0.2) is 60.1 Å². The molecule has 0 amide bonds. The lowest BCUT2D eigenvalue weighted by molar-refractivity contribution is -0.229. The van der Waals surface area contributed by atoms with E-state index in [1.807, 2.05) is 0 Å². The van der Waals surface area contributed by atoms with Gasteiger partial charge in [0, 0.05) is 0 Å². The highest BCUT2D eigenvalue weighted by atomic mass is 35.5. The molecule has 7 heteroatoms. The van der Waals surface area contributed by atoms with Crippen molar-refractivity contribution in [3.63, 3.8) is 0 Å². The number of rotatable bonds is 9. The molecule has 0 saturated heterocycles. The van der Waals surface area contributed by atoms with Crippen molar-refractivity contribution < 1.29 is 30.0 Å². The Labute approximate surface area is 175 Å². The number of alkyl halides is 1. The number of hydrogen-bond donors (Lipinski definition) is 4. The van der Waals surface area contributed by atoms with Crippen LogP contribution in [0, 0.1) is 11.8 Å². The van der Waals surface area contributed by atoms with Crippen LogP contribution in [0.5, 0.6) is 5.75 Å². The van der Waals surface area contributed by atoms with Crippen LogP contribution < -0.4 is 4.74 Å². The molecule has 3 atom stereocenters. The van der Waals surface area contributed by atoms with E-state index in [1.54, 1.807) is 18.2 Å². The molecule has 0 spiro atoms. The maximum atomic E-state index is 11.7. The number of ether oxygens (including phenoxy) is 1. The highest BCUT2D eigenvalue weighted by Crippen LogP contribution is 2.37. The van der Waals surface area contributed by atoms with Gasteiger partial charge in [0.1, 0.15) is 5.75 Å². The van der Waals surface area contributed by atoms with Crippen molar-refractivity contribution in [1.29, 1.82) is 0 Å². The van der Waals surface area contributed by atoms with Crippen LogP contribution in [0.1, 0.15) is 39.0 Å². The van der Waals surface area contributed by atoms with Crippen molar-refractivity contribution in [2.24, 2.45) is 11.8 Å². The number of benzene rings is 1. The molecule has 158 valence electrons. The van der Waals surface area contributed by atoms with Crippen LogP contribution in [-0.4, -0.2) is 37.2 Å². The monoisotopic (exact) mass is 422 g/mol. The second-order valence-electron chi connectivity index (χ2n) is 7.11. The molecule has 0 aliphatic heterocycles. The number of aliphatic carboxylic acids is 1. The summed E-state index contributed by atoms with van der Waals surface area (Å²) in [5, 5.41) is 37.2. The fourth-order valence-electron chi connectivity index (χ4n) is 3.40. The SMILES string of the molecule is CC/C=C/[C@H]1CCC[C@@H]1CC=C=C([16OH])C([16OH])([16OH])C(Cl)(Oc1ccccc1)C(=O)O. The highest BCUT2D eigenvalue weighted by Gasteiger charge is 2.61. The zero-order chi connectivity index (χ0) is 21.5. The largest absolute Gasteiger partial charge is 0.500 e. The molecular formula is C22H27ClO6. The Kier molecular flexibility index (Phi) is 7.94. The summed E-state index contributed by atoms with van der Waals surface area (Å²) in [5.41, 5.74) is 2.37. The van der Waals surface area contributed by atoms with Crippen LogP contribution >= 0.6 is 11.6 Å². The molecule has 1 saturated carbocycles. The molecule has 0 bridgehead atoms. The maximum Gasteiger partial charge on any atom is 0.370 e. The minimum absolute atomic E-state index is 0.00865. The van der Waals surface area contributed by atoms with Crippen molar-refractivity contribution in [2.75, 3.05) is 0 Å². The number of carbonyl (C=O) groups is 1. The second-order valence-corrected chi connectivity index (χ2v) is 7.64. The summed E-state index contributed by atoms with van der Waals surface area (Å²) in [6.45, 7) is 2.07. The molecule has 1 fully saturated rings. The molecule has 4 N–H and O–H groups in total. The number of aliphatic hydroxyl groups is 3. The molecule has 0 aromatic heterocycles. The normalized spacial score (nSPS) is 21.4. The molecular weight excluding hydrogens is 396 g/mol. The summed E-state index contributed by atoms with van der Waals surface area (Å²) < 4.78 is 5.11. The third kappa shape index (κ3) is 5.43. The van der Waals surface area contributed by atoms with Gasteiger partial charge < -0.3 is 25.2 Å². The first kappa shape index (κ1) is 23.0. The fraction of sp³-hybridized carbons (Fsp3) is 0.455. The van der Waals surface area contributed by atoms with Crippen LogP contribution in [0.25, 0.3) is 0 Å². The van der Waals surface area contributed by atoms with E-state index in [-0.39, 0.29) is 5.75 Å². The smallest absolute Gasteiger partial charge is 0.370 e. The predicted molar refractivity (Wildman–Crippen MR) is 110 cm³/mol. The Hall–Kier alpha value is -2.24. The van der Waals surface area contributed by atoms with Gasteiger partial charge in [0.15, 0.2) is 0 Å². The van der Waals surface area contributed by atoms with E-state index in [9.17, 15) is 25.2 Å². The fourth-order valence-corrected chi connectivity index (χ4v) is 3.58. The Balaban J connectivity index is 2.20. The molecule has 1 aliphatic rings. The predicted octanol–water partition coefficient (Wildman–Crippen LogP) is 4.14. The third-order valence-corrected chi connectivity index (χ3v) is 5.55. The number of aliphatic hydroxyl groups excluding tert-OH is 1. The summed E-state index contributed by atoms with van der Waals surface area (Å²) >= 11 is 5.92. The van der Waals surface area contributed by atoms with E-state index in [1.165, 1.54) is 18.2 Å². The van der Waals surface area contributed by atoms with Gasteiger partial charge >= 0.3 is 11.0 Å². The lowest BCUT2D eigenvalue weighted by Crippen LogP contribution is -2.60. The van der Waals surface area contributed by atoms with E-state index < -0.39 is 22.6 Å². The zero-order valence-corrected chi connectivity index (χ0v) is 17.0. The van der Waals surface area contributed by atoms with Crippen molar-refractivity contribution in [3.05, 3.63) is 60.1 Å². The zero-order valence-electron chi connectivity index (χ0n) is 16.3. The summed E-state index contributed by atoms with van der Waals surface area (Å²) in [6, 6.07) is 7.59. The standard InChI is InChI=1S/C22H27ClO6/c1-2-3-9-16-10-7-11-17(16)12-8-15-19(24)22(27,28)21(23,20(25)26)29-18-13-5-4-6-14-18/h3-6,8-9,13-14,16-17,24,27-28H,2,7,10-12H2,1H3,(H,25,26)/b9-3+/t15?,16-,17+,21?/m0/s1/i24+0,27+0,28+0. The van der Waals surface area contributed by atoms with Gasteiger partial charge in [-0.2, -0.15) is 0 Å². The second kappa shape index (κ2) is 9.99. The molecule has 0 radical (unpaired) electrons. The number of para-hydroxylation sites is 1. The molecule has 1 unspecified atom stereocenters. The Morgan fingerprint density at radius 1 is 1.28 bits per heavy atom. The van der Waals surface area contributed by atoms with Gasteiger partial charge in [-0.1, -0.05) is 61.0 Å². The number of allylic oxidation sites excluding steroid dienone is 2. The minimum atomic E-state index is -3.41. The average molecular weight is 423 g/mol. The van der Waals surface area contributed by atoms with Gasteiger partial charge in [0.2, 0.25) is 5.76 Å². The molecule has 0 heterocycles. The van der Waals surface area contributed by atoms with Crippen LogP contribution in [0.4, 0.5) is 0 Å². The van der Waals surface area contributed by atoms with Crippen molar-refractivity contribution in [3.8, 4) is 5.75 Å². The van der Waals surface area contributed by atoms with E-state index in [4.69, 9.17) is 16.3 Å². The molecule has 2 rings (SSSR count). The van der Waals surface area contributed by atoms with Crippen LogP contribution in [-0.2, 0) is 4.79 Å². The topological polar surface area (TPSA) is 107 Å². The number of hydrogen-bond acceptors (Lipinski definition) is 5. The van der Waals surface area contributed by atoms with Crippen molar-refractivity contribution in [2.45, 2.75) is 49.9 Å². The summed E-state index contributed by atoms with van der Waals surface area (Å²) in [6.07, 6.45) is 10.5. The minimum Gasteiger partial charge on any atom is -0.500 e. The van der Waals surface area contributed by atoms with Gasteiger partial charge in [-0.3, -0.25) is 0 Å². The molecule has 1 aromatic carbocycles.